The van der Waals surface area contributed by atoms with E-state index in [2.05, 4.69) is 10.6 Å². The van der Waals surface area contributed by atoms with Crippen molar-refractivity contribution in [1.82, 2.24) is 10.2 Å². The number of halogens is 2. The molecule has 2 aromatic rings. The third-order valence-electron chi connectivity index (χ3n) is 5.32. The summed E-state index contributed by atoms with van der Waals surface area (Å²) in [5, 5.41) is 5.38. The van der Waals surface area contributed by atoms with Crippen molar-refractivity contribution in [3.63, 3.8) is 0 Å². The van der Waals surface area contributed by atoms with Crippen LogP contribution in [0.15, 0.2) is 30.3 Å². The maximum Gasteiger partial charge on any atom is 0.261 e. The van der Waals surface area contributed by atoms with Crippen LogP contribution >= 0.6 is 22.9 Å². The molecule has 3 rings (SSSR count). The zero-order chi connectivity index (χ0) is 24.0. The number of morpholine rings is 1. The Morgan fingerprint density at radius 3 is 2.64 bits per heavy atom. The number of rotatable bonds is 9. The molecule has 11 heteroatoms. The molecular weight excluding hydrogens is 471 g/mol. The highest BCUT2D eigenvalue weighted by Gasteiger charge is 2.27. The number of carbonyl (C=O) groups is 3. The van der Waals surface area contributed by atoms with Gasteiger partial charge in [-0.15, -0.1) is 11.3 Å². The number of likely N-dealkylation sites (N-methyl/N-ethyl adjacent to an activating group) is 1. The van der Waals surface area contributed by atoms with Crippen LogP contribution in [0.2, 0.25) is 4.34 Å². The van der Waals surface area contributed by atoms with Crippen molar-refractivity contribution in [2.24, 2.45) is 0 Å². The van der Waals surface area contributed by atoms with Gasteiger partial charge in [0.1, 0.15) is 18.5 Å². The number of amides is 3. The van der Waals surface area contributed by atoms with Crippen molar-refractivity contribution >= 4 is 52.0 Å². The Hall–Kier alpha value is -2.53. The predicted octanol–water partition coefficient (Wildman–Crippen LogP) is 2.98. The van der Waals surface area contributed by atoms with Crippen LogP contribution in [0.4, 0.5) is 15.8 Å². The zero-order valence-electron chi connectivity index (χ0n) is 18.4. The lowest BCUT2D eigenvalue weighted by Crippen LogP contribution is -2.50. The first kappa shape index (κ1) is 25.1. The lowest BCUT2D eigenvalue weighted by molar-refractivity contribution is -0.125. The molecule has 0 bridgehead atoms. The molecule has 178 valence electrons. The predicted molar refractivity (Wildman–Crippen MR) is 127 cm³/mol. The molecular formula is C22H26ClFN4O4S. The van der Waals surface area contributed by atoms with Crippen molar-refractivity contribution in [1.29, 1.82) is 0 Å². The Morgan fingerprint density at radius 2 is 2.03 bits per heavy atom. The SMILES string of the molecule is CCN(CC)[C@@H](CNC(=O)c1ccc(Cl)s1)C(=O)Nc1ccc(N2CCOCC2=O)cc1F. The number of carbonyl (C=O) groups excluding carboxylic acids is 3. The Kier molecular flexibility index (Phi) is 8.79. The molecule has 1 aliphatic rings. The Labute approximate surface area is 200 Å². The van der Waals surface area contributed by atoms with Crippen LogP contribution in [0.5, 0.6) is 0 Å². The van der Waals surface area contributed by atoms with Gasteiger partial charge in [-0.2, -0.15) is 0 Å². The van der Waals surface area contributed by atoms with Gasteiger partial charge in [0.25, 0.3) is 11.8 Å². The summed E-state index contributed by atoms with van der Waals surface area (Å²) in [5.74, 6) is -1.68. The van der Waals surface area contributed by atoms with Gasteiger partial charge in [-0.25, -0.2) is 4.39 Å². The van der Waals surface area contributed by atoms with Gasteiger partial charge in [0.2, 0.25) is 5.91 Å². The van der Waals surface area contributed by atoms with Gasteiger partial charge >= 0.3 is 0 Å². The van der Waals surface area contributed by atoms with Crippen molar-refractivity contribution < 1.29 is 23.5 Å². The quantitative estimate of drug-likeness (QED) is 0.557. The van der Waals surface area contributed by atoms with Crippen LogP contribution in [-0.4, -0.2) is 68.1 Å². The van der Waals surface area contributed by atoms with Gasteiger partial charge in [-0.1, -0.05) is 25.4 Å². The molecule has 0 radical (unpaired) electrons. The molecule has 1 aromatic carbocycles. The number of ether oxygens (including phenoxy) is 1. The van der Waals surface area contributed by atoms with Crippen molar-refractivity contribution in [3.05, 3.63) is 45.4 Å². The van der Waals surface area contributed by atoms with E-state index in [0.29, 0.717) is 41.1 Å². The molecule has 0 saturated carbocycles. The Balaban J connectivity index is 1.70. The normalized spacial score (nSPS) is 14.9. The largest absolute Gasteiger partial charge is 0.370 e. The van der Waals surface area contributed by atoms with E-state index in [1.54, 1.807) is 18.2 Å². The maximum absolute atomic E-state index is 14.8. The molecule has 33 heavy (non-hydrogen) atoms. The van der Waals surface area contributed by atoms with Crippen LogP contribution < -0.4 is 15.5 Å². The topological polar surface area (TPSA) is 91.0 Å². The minimum atomic E-state index is -0.709. The number of hydrogen-bond donors (Lipinski definition) is 2. The Bertz CT molecular complexity index is 1010. The smallest absolute Gasteiger partial charge is 0.261 e. The van der Waals surface area contributed by atoms with E-state index >= 15 is 0 Å². The maximum atomic E-state index is 14.8. The fourth-order valence-corrected chi connectivity index (χ4v) is 4.50. The second-order valence-electron chi connectivity index (χ2n) is 7.30. The summed E-state index contributed by atoms with van der Waals surface area (Å²) in [7, 11) is 0. The summed E-state index contributed by atoms with van der Waals surface area (Å²) in [5.41, 5.74) is 0.402. The van der Waals surface area contributed by atoms with E-state index in [4.69, 9.17) is 16.3 Å². The van der Waals surface area contributed by atoms with Crippen LogP contribution in [0.1, 0.15) is 23.5 Å². The summed E-state index contributed by atoms with van der Waals surface area (Å²) in [6, 6.07) is 6.76. The van der Waals surface area contributed by atoms with Crippen molar-refractivity contribution in [2.45, 2.75) is 19.9 Å². The summed E-state index contributed by atoms with van der Waals surface area (Å²) >= 11 is 7.04. The van der Waals surface area contributed by atoms with Crippen molar-refractivity contribution in [2.75, 3.05) is 49.6 Å². The fraction of sp³-hybridized carbons (Fsp3) is 0.409. The van der Waals surface area contributed by atoms with E-state index in [9.17, 15) is 18.8 Å². The molecule has 0 spiro atoms. The third-order valence-corrected chi connectivity index (χ3v) is 6.55. The first-order valence-electron chi connectivity index (χ1n) is 10.6. The molecule has 1 atom stereocenters. The third kappa shape index (κ3) is 6.29. The van der Waals surface area contributed by atoms with Gasteiger partial charge in [0, 0.05) is 18.8 Å². The first-order chi connectivity index (χ1) is 15.8. The molecule has 1 aromatic heterocycles. The van der Waals surface area contributed by atoms with Gasteiger partial charge in [0.15, 0.2) is 0 Å². The number of nitrogens with zero attached hydrogens (tertiary/aromatic N) is 2. The second kappa shape index (κ2) is 11.6. The van der Waals surface area contributed by atoms with E-state index in [0.717, 1.165) is 11.3 Å². The van der Waals surface area contributed by atoms with Gasteiger partial charge < -0.3 is 20.3 Å². The molecule has 1 saturated heterocycles. The first-order valence-corrected chi connectivity index (χ1v) is 11.8. The highest BCUT2D eigenvalue weighted by molar-refractivity contribution is 7.18. The monoisotopic (exact) mass is 496 g/mol. The number of nitrogens with one attached hydrogen (secondary N) is 2. The molecule has 2 heterocycles. The van der Waals surface area contributed by atoms with Gasteiger partial charge in [-0.3, -0.25) is 19.3 Å². The molecule has 0 unspecified atom stereocenters. The molecule has 0 aliphatic carbocycles. The number of benzene rings is 1. The summed E-state index contributed by atoms with van der Waals surface area (Å²) in [6.45, 7) is 5.65. The standard InChI is InChI=1S/C22H26ClFN4O4S/c1-3-27(4-2)17(12-25-22(31)18-7-8-19(23)33-18)21(30)26-16-6-5-14(11-15(16)24)28-9-10-32-13-20(28)29/h5-8,11,17H,3-4,9-10,12-13H2,1-2H3,(H,25,31)(H,26,30)/t17-/m0/s1. The van der Waals surface area contributed by atoms with E-state index in [1.165, 1.54) is 17.0 Å². The van der Waals surface area contributed by atoms with E-state index < -0.39 is 17.8 Å². The lowest BCUT2D eigenvalue weighted by Gasteiger charge is -2.29. The minimum absolute atomic E-state index is 0.00187. The summed E-state index contributed by atoms with van der Waals surface area (Å²) < 4.78 is 20.4. The molecule has 1 fully saturated rings. The Morgan fingerprint density at radius 1 is 1.27 bits per heavy atom. The number of hydrogen-bond acceptors (Lipinski definition) is 6. The molecule has 1 aliphatic heterocycles. The summed E-state index contributed by atoms with van der Waals surface area (Å²) in [4.78, 5) is 41.2. The van der Waals surface area contributed by atoms with E-state index in [1.807, 2.05) is 18.7 Å². The number of anilines is 2. The fourth-order valence-electron chi connectivity index (χ4n) is 3.55. The van der Waals surface area contributed by atoms with E-state index in [-0.39, 0.29) is 30.7 Å². The molecule has 8 nitrogen and oxygen atoms in total. The highest BCUT2D eigenvalue weighted by Crippen LogP contribution is 2.24. The van der Waals surface area contributed by atoms with Gasteiger partial charge in [0.05, 0.1) is 21.5 Å². The zero-order valence-corrected chi connectivity index (χ0v) is 20.0. The highest BCUT2D eigenvalue weighted by atomic mass is 35.5. The van der Waals surface area contributed by atoms with Crippen LogP contribution in [0, 0.1) is 5.82 Å². The van der Waals surface area contributed by atoms with Crippen LogP contribution in [-0.2, 0) is 14.3 Å². The van der Waals surface area contributed by atoms with Crippen molar-refractivity contribution in [3.8, 4) is 0 Å². The molecule has 3 amide bonds. The minimum Gasteiger partial charge on any atom is -0.370 e. The number of thiophene rings is 1. The second-order valence-corrected chi connectivity index (χ2v) is 9.02. The van der Waals surface area contributed by atoms with Crippen LogP contribution in [0.25, 0.3) is 0 Å². The summed E-state index contributed by atoms with van der Waals surface area (Å²) in [6.07, 6.45) is 0. The van der Waals surface area contributed by atoms with Gasteiger partial charge in [-0.05, 0) is 43.4 Å². The molecule has 2 N–H and O–H groups in total. The van der Waals surface area contributed by atoms with Crippen LogP contribution in [0.3, 0.4) is 0 Å². The average Bonchev–Trinajstić information content (AvgIpc) is 3.24. The average molecular weight is 497 g/mol. The lowest BCUT2D eigenvalue weighted by atomic mass is 10.2.